The second-order valence-electron chi connectivity index (χ2n) is 7.90. The van der Waals surface area contributed by atoms with Crippen LogP contribution in [0.1, 0.15) is 29.2 Å². The Labute approximate surface area is 193 Å². The maximum atomic E-state index is 12.3. The van der Waals surface area contributed by atoms with E-state index in [1.54, 1.807) is 7.05 Å². The van der Waals surface area contributed by atoms with Gasteiger partial charge in [0.25, 0.3) is 0 Å². The smallest absolute Gasteiger partial charge is 0.243 e. The van der Waals surface area contributed by atoms with Crippen molar-refractivity contribution in [1.82, 2.24) is 19.8 Å². The first kappa shape index (κ1) is 22.8. The van der Waals surface area contributed by atoms with Crippen molar-refractivity contribution in [1.29, 1.82) is 0 Å². The fraction of sp³-hybridized carbons (Fsp3) is 0.348. The van der Waals surface area contributed by atoms with Gasteiger partial charge in [0, 0.05) is 30.9 Å². The van der Waals surface area contributed by atoms with Crippen molar-refractivity contribution in [3.63, 3.8) is 0 Å². The van der Waals surface area contributed by atoms with Gasteiger partial charge in [0.05, 0.1) is 6.20 Å². The Morgan fingerprint density at radius 2 is 2.06 bits per heavy atom. The van der Waals surface area contributed by atoms with Crippen LogP contribution < -0.4 is 14.8 Å². The molecule has 0 saturated heterocycles. The topological polar surface area (TPSA) is 85.2 Å². The van der Waals surface area contributed by atoms with Crippen LogP contribution in [0.3, 0.4) is 0 Å². The fourth-order valence-corrected chi connectivity index (χ4v) is 5.01. The number of aryl methyl sites for hydroxylation is 2. The van der Waals surface area contributed by atoms with E-state index in [4.69, 9.17) is 16.3 Å². The number of nitrogens with one attached hydrogen (secondary N) is 2. The van der Waals surface area contributed by atoms with Gasteiger partial charge in [-0.25, -0.2) is 13.1 Å². The summed E-state index contributed by atoms with van der Waals surface area (Å²) in [6, 6.07) is 14.3. The lowest BCUT2D eigenvalue weighted by molar-refractivity contribution is 0.322. The first-order valence-electron chi connectivity index (χ1n) is 10.6. The van der Waals surface area contributed by atoms with Gasteiger partial charge in [0.1, 0.15) is 17.3 Å². The van der Waals surface area contributed by atoms with E-state index in [0.717, 1.165) is 36.6 Å². The van der Waals surface area contributed by atoms with E-state index in [1.807, 2.05) is 18.2 Å². The lowest BCUT2D eigenvalue weighted by atomic mass is 9.94. The van der Waals surface area contributed by atoms with E-state index in [9.17, 15) is 8.42 Å². The minimum atomic E-state index is -3.59. The molecule has 0 bridgehead atoms. The molecule has 7 nitrogen and oxygen atoms in total. The molecule has 0 aliphatic carbocycles. The highest BCUT2D eigenvalue weighted by Gasteiger charge is 2.20. The number of benzene rings is 2. The zero-order chi connectivity index (χ0) is 22.6. The second kappa shape index (κ2) is 10.0. The van der Waals surface area contributed by atoms with Gasteiger partial charge in [-0.3, -0.25) is 4.68 Å². The maximum Gasteiger partial charge on any atom is 0.243 e. The van der Waals surface area contributed by atoms with E-state index in [2.05, 4.69) is 39.4 Å². The highest BCUT2D eigenvalue weighted by Crippen LogP contribution is 2.29. The van der Waals surface area contributed by atoms with Gasteiger partial charge in [0.2, 0.25) is 10.0 Å². The number of hydrogen-bond donors (Lipinski definition) is 2. The quantitative estimate of drug-likeness (QED) is 0.489. The van der Waals surface area contributed by atoms with Gasteiger partial charge in [-0.05, 0) is 66.8 Å². The molecule has 4 rings (SSSR count). The first-order chi connectivity index (χ1) is 15.4. The number of rotatable bonds is 8. The first-order valence-corrected chi connectivity index (χ1v) is 12.5. The largest absolute Gasteiger partial charge is 0.492 e. The maximum absolute atomic E-state index is 12.3. The van der Waals surface area contributed by atoms with Crippen LogP contribution in [0.15, 0.2) is 59.8 Å². The Bertz CT molecular complexity index is 1160. The normalized spacial score (nSPS) is 16.4. The van der Waals surface area contributed by atoms with Crippen LogP contribution in [0.5, 0.6) is 5.75 Å². The third-order valence-corrected chi connectivity index (χ3v) is 7.18. The van der Waals surface area contributed by atoms with Crippen LogP contribution in [0.2, 0.25) is 5.02 Å². The van der Waals surface area contributed by atoms with E-state index in [-0.39, 0.29) is 24.1 Å². The second-order valence-corrected chi connectivity index (χ2v) is 10.1. The van der Waals surface area contributed by atoms with Crippen LogP contribution in [0, 0.1) is 0 Å². The molecule has 2 N–H and O–H groups in total. The molecular weight excluding hydrogens is 448 g/mol. The predicted octanol–water partition coefficient (Wildman–Crippen LogP) is 3.25. The number of aromatic nitrogens is 2. The van der Waals surface area contributed by atoms with Crippen molar-refractivity contribution < 1.29 is 13.2 Å². The van der Waals surface area contributed by atoms with Crippen molar-refractivity contribution in [2.45, 2.75) is 30.2 Å². The molecule has 1 aliphatic rings. The Kier molecular flexibility index (Phi) is 7.15. The summed E-state index contributed by atoms with van der Waals surface area (Å²) in [7, 11) is -1.92. The molecule has 0 spiro atoms. The van der Waals surface area contributed by atoms with Crippen molar-refractivity contribution in [2.24, 2.45) is 7.05 Å². The number of ether oxygens (including phenoxy) is 1. The van der Waals surface area contributed by atoms with Gasteiger partial charge < -0.3 is 10.1 Å². The predicted molar refractivity (Wildman–Crippen MR) is 125 cm³/mol. The lowest BCUT2D eigenvalue weighted by Gasteiger charge is -2.20. The summed E-state index contributed by atoms with van der Waals surface area (Å²) in [5.41, 5.74) is 3.76. The van der Waals surface area contributed by atoms with Crippen molar-refractivity contribution in [2.75, 3.05) is 19.7 Å². The molecule has 1 atom stereocenters. The summed E-state index contributed by atoms with van der Waals surface area (Å²) in [5, 5.41) is 8.28. The van der Waals surface area contributed by atoms with Crippen molar-refractivity contribution >= 4 is 21.6 Å². The van der Waals surface area contributed by atoms with Crippen molar-refractivity contribution in [3.8, 4) is 5.75 Å². The SMILES string of the molecule is Cn1cc(S(=O)(=O)NCCOc2ccc3c(c2)C(Cc2ccc(Cl)cc2)NCCC3)cn1. The molecule has 0 amide bonds. The van der Waals surface area contributed by atoms with Gasteiger partial charge in [-0.15, -0.1) is 0 Å². The Morgan fingerprint density at radius 1 is 1.25 bits per heavy atom. The Morgan fingerprint density at radius 3 is 2.81 bits per heavy atom. The summed E-state index contributed by atoms with van der Waals surface area (Å²) < 4.78 is 34.4. The monoisotopic (exact) mass is 474 g/mol. The summed E-state index contributed by atoms with van der Waals surface area (Å²) in [5.74, 6) is 0.731. The zero-order valence-electron chi connectivity index (χ0n) is 17.9. The third kappa shape index (κ3) is 5.69. The summed E-state index contributed by atoms with van der Waals surface area (Å²) >= 11 is 6.03. The third-order valence-electron chi connectivity index (χ3n) is 5.51. The average molecular weight is 475 g/mol. The zero-order valence-corrected chi connectivity index (χ0v) is 19.5. The molecule has 0 fully saturated rings. The number of fused-ring (bicyclic) bond motifs is 1. The average Bonchev–Trinajstić information content (AvgIpc) is 3.13. The fourth-order valence-electron chi connectivity index (χ4n) is 3.88. The van der Waals surface area contributed by atoms with E-state index >= 15 is 0 Å². The standard InChI is InChI=1S/C23H27ClN4O3S/c1-28-16-21(15-26-28)32(29,30)27-11-12-31-20-9-6-18-3-2-10-25-23(22(18)14-20)13-17-4-7-19(24)8-5-17/h4-9,14-16,23,25,27H,2-3,10-13H2,1H3. The van der Waals surface area contributed by atoms with E-state index in [0.29, 0.717) is 0 Å². The minimum absolute atomic E-state index is 0.140. The summed E-state index contributed by atoms with van der Waals surface area (Å²) in [4.78, 5) is 0.140. The van der Waals surface area contributed by atoms with Gasteiger partial charge in [-0.1, -0.05) is 29.8 Å². The highest BCUT2D eigenvalue weighted by molar-refractivity contribution is 7.89. The van der Waals surface area contributed by atoms with Gasteiger partial charge in [-0.2, -0.15) is 5.10 Å². The molecule has 0 saturated carbocycles. The van der Waals surface area contributed by atoms with Crippen LogP contribution in [0.4, 0.5) is 0 Å². The number of hydrogen-bond acceptors (Lipinski definition) is 5. The van der Waals surface area contributed by atoms with Crippen molar-refractivity contribution in [3.05, 3.63) is 76.6 Å². The number of sulfonamides is 1. The summed E-state index contributed by atoms with van der Waals surface area (Å²) in [6.45, 7) is 1.35. The highest BCUT2D eigenvalue weighted by atomic mass is 35.5. The van der Waals surface area contributed by atoms with Gasteiger partial charge in [0.15, 0.2) is 0 Å². The van der Waals surface area contributed by atoms with Crippen LogP contribution in [-0.2, 0) is 29.9 Å². The molecule has 2 aromatic carbocycles. The Balaban J connectivity index is 1.40. The molecular formula is C23H27ClN4O3S. The molecule has 3 aromatic rings. The minimum Gasteiger partial charge on any atom is -0.492 e. The molecule has 1 aliphatic heterocycles. The van der Waals surface area contributed by atoms with Gasteiger partial charge >= 0.3 is 0 Å². The number of halogens is 1. The van der Waals surface area contributed by atoms with Crippen LogP contribution in [0.25, 0.3) is 0 Å². The number of nitrogens with zero attached hydrogens (tertiary/aromatic N) is 2. The molecule has 0 radical (unpaired) electrons. The molecule has 1 aromatic heterocycles. The van der Waals surface area contributed by atoms with E-state index in [1.165, 1.54) is 33.8 Å². The summed E-state index contributed by atoms with van der Waals surface area (Å²) in [6.07, 6.45) is 5.75. The Hall–Kier alpha value is -2.39. The van der Waals surface area contributed by atoms with Crippen LogP contribution >= 0.6 is 11.6 Å². The molecule has 170 valence electrons. The molecule has 32 heavy (non-hydrogen) atoms. The lowest BCUT2D eigenvalue weighted by Crippen LogP contribution is -2.28. The van der Waals surface area contributed by atoms with E-state index < -0.39 is 10.0 Å². The van der Waals surface area contributed by atoms with Crippen LogP contribution in [-0.4, -0.2) is 37.9 Å². The molecule has 2 heterocycles. The molecule has 1 unspecified atom stereocenters. The molecule has 9 heteroatoms.